The van der Waals surface area contributed by atoms with E-state index in [4.69, 9.17) is 33.2 Å². The van der Waals surface area contributed by atoms with Crippen molar-refractivity contribution in [2.24, 2.45) is 11.8 Å². The summed E-state index contributed by atoms with van der Waals surface area (Å²) >= 11 is 0. The van der Waals surface area contributed by atoms with Crippen LogP contribution in [-0.2, 0) is 14.2 Å². The van der Waals surface area contributed by atoms with Crippen LogP contribution in [0.2, 0.25) is 0 Å². The van der Waals surface area contributed by atoms with Crippen molar-refractivity contribution < 1.29 is 53.6 Å². The SMILES string of the molecule is COc1cc([C@H]2OC[C@H]3[C@@H]2CO[C@@H]3c2ccc(O[C@@H]3O[C@H](CO)[C@@H](O)[C@H](O)[C@H]3O)cc2)cc(OC)c1OC. The predicted molar refractivity (Wildman–Crippen MR) is 131 cm³/mol. The van der Waals surface area contributed by atoms with Crippen molar-refractivity contribution >= 4 is 0 Å². The fraction of sp³-hybridized carbons (Fsp3) is 0.556. The Morgan fingerprint density at radius 2 is 1.34 bits per heavy atom. The lowest BCUT2D eigenvalue weighted by Gasteiger charge is -2.39. The summed E-state index contributed by atoms with van der Waals surface area (Å²) in [7, 11) is 4.73. The number of fused-ring (bicyclic) bond motifs is 1. The fourth-order valence-electron chi connectivity index (χ4n) is 5.54. The number of hydrogen-bond acceptors (Lipinski definition) is 11. The highest BCUT2D eigenvalue weighted by Crippen LogP contribution is 2.52. The van der Waals surface area contributed by atoms with Gasteiger partial charge in [-0.1, -0.05) is 12.1 Å². The van der Waals surface area contributed by atoms with Crippen molar-refractivity contribution in [1.82, 2.24) is 0 Å². The molecule has 0 aromatic heterocycles. The number of methoxy groups -OCH3 is 3. The molecule has 0 spiro atoms. The van der Waals surface area contributed by atoms with Crippen LogP contribution in [0.5, 0.6) is 23.0 Å². The molecule has 9 atom stereocenters. The van der Waals surface area contributed by atoms with Crippen molar-refractivity contribution in [3.05, 3.63) is 47.5 Å². The van der Waals surface area contributed by atoms with E-state index in [0.29, 0.717) is 36.2 Å². The standard InChI is InChI=1S/C27H34O11/c1-32-18-8-14(9-19(33-2)26(18)34-3)25-17-12-35-24(16(17)11-36-25)13-4-6-15(7-5-13)37-27-23(31)22(30)21(29)20(10-28)38-27/h4-9,16-17,20-25,27-31H,10-12H2,1-3H3/t16-,17-,20+,21+,22-,23+,24+,25+,27+/m0/s1. The van der Waals surface area contributed by atoms with E-state index in [1.54, 1.807) is 33.5 Å². The Kier molecular flexibility index (Phi) is 7.96. The zero-order chi connectivity index (χ0) is 27.0. The molecule has 0 unspecified atom stereocenters. The lowest BCUT2D eigenvalue weighted by molar-refractivity contribution is -0.277. The minimum atomic E-state index is -1.50. The third-order valence-corrected chi connectivity index (χ3v) is 7.59. The Hall–Kier alpha value is -2.64. The van der Waals surface area contributed by atoms with E-state index in [9.17, 15) is 20.4 Å². The number of rotatable bonds is 8. The third-order valence-electron chi connectivity index (χ3n) is 7.59. The number of hydrogen-bond donors (Lipinski definition) is 4. The molecule has 4 N–H and O–H groups in total. The van der Waals surface area contributed by atoms with Gasteiger partial charge in [0.15, 0.2) is 11.5 Å². The van der Waals surface area contributed by atoms with Gasteiger partial charge >= 0.3 is 0 Å². The molecular weight excluding hydrogens is 500 g/mol. The van der Waals surface area contributed by atoms with Crippen molar-refractivity contribution in [3.63, 3.8) is 0 Å². The normalized spacial score (nSPS) is 34.6. The van der Waals surface area contributed by atoms with Crippen molar-refractivity contribution in [3.8, 4) is 23.0 Å². The van der Waals surface area contributed by atoms with E-state index in [-0.39, 0.29) is 24.0 Å². The number of benzene rings is 2. The van der Waals surface area contributed by atoms with Crippen molar-refractivity contribution in [2.75, 3.05) is 41.2 Å². The number of ether oxygens (including phenoxy) is 7. The van der Waals surface area contributed by atoms with Crippen LogP contribution in [0.15, 0.2) is 36.4 Å². The van der Waals surface area contributed by atoms with Gasteiger partial charge in [0.2, 0.25) is 12.0 Å². The highest BCUT2D eigenvalue weighted by atomic mass is 16.7. The summed E-state index contributed by atoms with van der Waals surface area (Å²) in [6.07, 6.45) is -7.07. The largest absolute Gasteiger partial charge is 0.493 e. The van der Waals surface area contributed by atoms with Crippen LogP contribution in [0, 0.1) is 11.8 Å². The summed E-state index contributed by atoms with van der Waals surface area (Å²) in [5.74, 6) is 2.33. The van der Waals surface area contributed by atoms with Crippen LogP contribution in [0.25, 0.3) is 0 Å². The number of aliphatic hydroxyl groups is 4. The average Bonchev–Trinajstić information content (AvgIpc) is 3.55. The molecule has 3 heterocycles. The number of aliphatic hydroxyl groups excluding tert-OH is 4. The van der Waals surface area contributed by atoms with E-state index in [0.717, 1.165) is 11.1 Å². The molecule has 5 rings (SSSR count). The maximum atomic E-state index is 10.2. The van der Waals surface area contributed by atoms with E-state index < -0.39 is 37.3 Å². The molecule has 2 aromatic carbocycles. The summed E-state index contributed by atoms with van der Waals surface area (Å²) in [5, 5.41) is 39.5. The van der Waals surface area contributed by atoms with Gasteiger partial charge in [-0.25, -0.2) is 0 Å². The first-order chi connectivity index (χ1) is 18.4. The summed E-state index contributed by atoms with van der Waals surface area (Å²) in [5.41, 5.74) is 1.88. The first-order valence-corrected chi connectivity index (χ1v) is 12.5. The molecule has 0 bridgehead atoms. The molecule has 2 aromatic rings. The van der Waals surface area contributed by atoms with Gasteiger partial charge in [0, 0.05) is 11.8 Å². The Morgan fingerprint density at radius 1 is 0.763 bits per heavy atom. The molecular formula is C27H34O11. The molecule has 0 aliphatic carbocycles. The lowest BCUT2D eigenvalue weighted by atomic mass is 9.85. The van der Waals surface area contributed by atoms with Gasteiger partial charge in [-0.3, -0.25) is 0 Å². The smallest absolute Gasteiger partial charge is 0.229 e. The molecule has 3 fully saturated rings. The van der Waals surface area contributed by atoms with Crippen LogP contribution in [-0.4, -0.2) is 92.3 Å². The average molecular weight is 535 g/mol. The molecule has 38 heavy (non-hydrogen) atoms. The summed E-state index contributed by atoms with van der Waals surface area (Å²) in [6, 6.07) is 11.0. The van der Waals surface area contributed by atoms with Gasteiger partial charge in [-0.2, -0.15) is 0 Å². The van der Waals surface area contributed by atoms with Crippen LogP contribution in [0.3, 0.4) is 0 Å². The van der Waals surface area contributed by atoms with Crippen LogP contribution in [0.4, 0.5) is 0 Å². The van der Waals surface area contributed by atoms with Gasteiger partial charge in [0.1, 0.15) is 30.2 Å². The van der Waals surface area contributed by atoms with Gasteiger partial charge in [-0.15, -0.1) is 0 Å². The molecule has 3 aliphatic heterocycles. The van der Waals surface area contributed by atoms with Gasteiger partial charge in [-0.05, 0) is 35.4 Å². The molecule has 11 nitrogen and oxygen atoms in total. The summed E-state index contributed by atoms with van der Waals surface area (Å²) in [6.45, 7) is 0.532. The highest BCUT2D eigenvalue weighted by molar-refractivity contribution is 5.54. The summed E-state index contributed by atoms with van der Waals surface area (Å²) in [4.78, 5) is 0. The Labute approximate surface area is 220 Å². The second kappa shape index (κ2) is 11.2. The van der Waals surface area contributed by atoms with E-state index in [1.807, 2.05) is 24.3 Å². The zero-order valence-electron chi connectivity index (χ0n) is 21.4. The van der Waals surface area contributed by atoms with Gasteiger partial charge in [0.25, 0.3) is 0 Å². The molecule has 208 valence electrons. The molecule has 3 saturated heterocycles. The fourth-order valence-corrected chi connectivity index (χ4v) is 5.54. The monoisotopic (exact) mass is 534 g/mol. The predicted octanol–water partition coefficient (Wildman–Crippen LogP) is 0.966. The van der Waals surface area contributed by atoms with Gasteiger partial charge in [0.05, 0.1) is 53.4 Å². The second-order valence-electron chi connectivity index (χ2n) is 9.68. The van der Waals surface area contributed by atoms with E-state index >= 15 is 0 Å². The van der Waals surface area contributed by atoms with Gasteiger partial charge < -0.3 is 53.6 Å². The second-order valence-corrected chi connectivity index (χ2v) is 9.68. The van der Waals surface area contributed by atoms with E-state index in [2.05, 4.69) is 0 Å². The quantitative estimate of drug-likeness (QED) is 0.384. The highest BCUT2D eigenvalue weighted by Gasteiger charge is 2.48. The van der Waals surface area contributed by atoms with Crippen LogP contribution in [0.1, 0.15) is 23.3 Å². The van der Waals surface area contributed by atoms with E-state index in [1.165, 1.54) is 0 Å². The third kappa shape index (κ3) is 4.79. The lowest BCUT2D eigenvalue weighted by Crippen LogP contribution is -2.60. The molecule has 3 aliphatic rings. The molecule has 0 radical (unpaired) electrons. The molecule has 11 heteroatoms. The Balaban J connectivity index is 1.28. The van der Waals surface area contributed by atoms with Crippen molar-refractivity contribution in [1.29, 1.82) is 0 Å². The zero-order valence-corrected chi connectivity index (χ0v) is 21.4. The summed E-state index contributed by atoms with van der Waals surface area (Å²) < 4.78 is 40.0. The topological polar surface area (TPSA) is 146 Å². The Bertz CT molecular complexity index is 1070. The van der Waals surface area contributed by atoms with Crippen LogP contribution < -0.4 is 18.9 Å². The molecule has 0 saturated carbocycles. The first-order valence-electron chi connectivity index (χ1n) is 12.5. The minimum absolute atomic E-state index is 0.132. The maximum Gasteiger partial charge on any atom is 0.229 e. The maximum absolute atomic E-state index is 10.2. The first kappa shape index (κ1) is 26.9. The Morgan fingerprint density at radius 3 is 1.87 bits per heavy atom. The van der Waals surface area contributed by atoms with Crippen LogP contribution >= 0.6 is 0 Å². The van der Waals surface area contributed by atoms with Crippen molar-refractivity contribution in [2.45, 2.75) is 42.9 Å². The minimum Gasteiger partial charge on any atom is -0.493 e. The molecule has 0 amide bonds.